The van der Waals surface area contributed by atoms with Gasteiger partial charge in [0.2, 0.25) is 0 Å². The molecule has 0 radical (unpaired) electrons. The Morgan fingerprint density at radius 1 is 1.00 bits per heavy atom. The second-order valence-corrected chi connectivity index (χ2v) is 9.80. The molecule has 0 aliphatic carbocycles. The Bertz CT molecular complexity index is 1160. The number of aromatic hydroxyl groups is 1. The summed E-state index contributed by atoms with van der Waals surface area (Å²) in [6.07, 6.45) is 10.0. The highest BCUT2D eigenvalue weighted by atomic mass is 16.3. The number of aryl methyl sites for hydroxylation is 1. The molecule has 5 heterocycles. The molecule has 2 aromatic heterocycles. The molecule has 0 amide bonds. The largest absolute Gasteiger partial charge is 0.507 e. The lowest BCUT2D eigenvalue weighted by Crippen LogP contribution is -2.57. The van der Waals surface area contributed by atoms with Crippen LogP contribution < -0.4 is 15.1 Å². The molecule has 3 aromatic rings. The SMILES string of the molecule is CN1CCN(C2CC3CCC[C@@H](C2)N3)c2nnc(-c3ccc(-c4cnn(C)c4)cc3O)cc21. The number of likely N-dealkylation sites (N-methyl/N-ethyl adjacent to an activating group) is 1. The highest BCUT2D eigenvalue weighted by Gasteiger charge is 2.37. The fourth-order valence-corrected chi connectivity index (χ4v) is 5.82. The van der Waals surface area contributed by atoms with E-state index >= 15 is 0 Å². The molecule has 2 bridgehead atoms. The Kier molecular flexibility index (Phi) is 4.98. The van der Waals surface area contributed by atoms with Crippen molar-refractivity contribution in [2.24, 2.45) is 7.05 Å². The van der Waals surface area contributed by atoms with Gasteiger partial charge in [-0.15, -0.1) is 10.2 Å². The molecule has 2 unspecified atom stereocenters. The van der Waals surface area contributed by atoms with Crippen LogP contribution in [0.4, 0.5) is 11.5 Å². The maximum absolute atomic E-state index is 10.8. The van der Waals surface area contributed by atoms with Gasteiger partial charge in [0.05, 0.1) is 17.6 Å². The first-order valence-corrected chi connectivity index (χ1v) is 12.0. The van der Waals surface area contributed by atoms with E-state index in [1.54, 1.807) is 16.9 Å². The Hall–Kier alpha value is -3.13. The molecular weight excluding hydrogens is 414 g/mol. The number of rotatable bonds is 3. The quantitative estimate of drug-likeness (QED) is 0.641. The summed E-state index contributed by atoms with van der Waals surface area (Å²) in [5, 5.41) is 28.1. The predicted molar refractivity (Wildman–Crippen MR) is 130 cm³/mol. The van der Waals surface area contributed by atoms with Crippen molar-refractivity contribution >= 4 is 11.5 Å². The normalized spacial score (nSPS) is 24.6. The maximum Gasteiger partial charge on any atom is 0.175 e. The van der Waals surface area contributed by atoms with Crippen molar-refractivity contribution in [2.75, 3.05) is 29.9 Å². The van der Waals surface area contributed by atoms with Crippen LogP contribution >= 0.6 is 0 Å². The third-order valence-electron chi connectivity index (χ3n) is 7.56. The number of hydrogen-bond acceptors (Lipinski definition) is 7. The lowest BCUT2D eigenvalue weighted by molar-refractivity contribution is 0.216. The molecule has 172 valence electrons. The number of nitrogens with one attached hydrogen (secondary N) is 1. The molecule has 0 saturated carbocycles. The number of hydrogen-bond donors (Lipinski definition) is 2. The lowest BCUT2D eigenvalue weighted by atomic mass is 9.83. The maximum atomic E-state index is 10.8. The van der Waals surface area contributed by atoms with Crippen molar-refractivity contribution in [1.82, 2.24) is 25.3 Å². The molecule has 2 saturated heterocycles. The summed E-state index contributed by atoms with van der Waals surface area (Å²) in [6, 6.07) is 9.55. The Morgan fingerprint density at radius 3 is 2.55 bits per heavy atom. The van der Waals surface area contributed by atoms with Crippen LogP contribution in [-0.4, -0.2) is 63.3 Å². The third kappa shape index (κ3) is 3.72. The van der Waals surface area contributed by atoms with E-state index in [1.165, 1.54) is 32.1 Å². The topological polar surface area (TPSA) is 82.3 Å². The Morgan fingerprint density at radius 2 is 1.82 bits per heavy atom. The van der Waals surface area contributed by atoms with Gasteiger partial charge in [0.25, 0.3) is 0 Å². The minimum atomic E-state index is 0.201. The summed E-state index contributed by atoms with van der Waals surface area (Å²) in [5.41, 5.74) is 4.37. The van der Waals surface area contributed by atoms with Gasteiger partial charge in [0.15, 0.2) is 5.82 Å². The van der Waals surface area contributed by atoms with Crippen LogP contribution in [0.3, 0.4) is 0 Å². The molecule has 3 aliphatic rings. The summed E-state index contributed by atoms with van der Waals surface area (Å²) in [6.45, 7) is 1.94. The molecule has 0 spiro atoms. The van der Waals surface area contributed by atoms with Gasteiger partial charge < -0.3 is 20.2 Å². The van der Waals surface area contributed by atoms with Gasteiger partial charge in [-0.1, -0.05) is 12.5 Å². The Balaban J connectivity index is 1.31. The van der Waals surface area contributed by atoms with E-state index in [9.17, 15) is 5.11 Å². The summed E-state index contributed by atoms with van der Waals surface area (Å²) in [4.78, 5) is 4.75. The van der Waals surface area contributed by atoms with Gasteiger partial charge in [-0.25, -0.2) is 0 Å². The second kappa shape index (κ2) is 8.02. The smallest absolute Gasteiger partial charge is 0.175 e. The van der Waals surface area contributed by atoms with E-state index in [-0.39, 0.29) is 5.75 Å². The lowest BCUT2D eigenvalue weighted by Gasteiger charge is -2.47. The van der Waals surface area contributed by atoms with Crippen molar-refractivity contribution in [3.8, 4) is 28.1 Å². The van der Waals surface area contributed by atoms with Crippen molar-refractivity contribution in [3.05, 3.63) is 36.7 Å². The van der Waals surface area contributed by atoms with Gasteiger partial charge in [0, 0.05) is 62.6 Å². The summed E-state index contributed by atoms with van der Waals surface area (Å²) < 4.78 is 1.76. The second-order valence-electron chi connectivity index (χ2n) is 9.80. The monoisotopic (exact) mass is 445 g/mol. The third-order valence-corrected chi connectivity index (χ3v) is 7.56. The molecule has 33 heavy (non-hydrogen) atoms. The van der Waals surface area contributed by atoms with E-state index in [0.29, 0.717) is 29.4 Å². The number of phenols is 1. The summed E-state index contributed by atoms with van der Waals surface area (Å²) >= 11 is 0. The van der Waals surface area contributed by atoms with E-state index < -0.39 is 0 Å². The first-order valence-electron chi connectivity index (χ1n) is 12.0. The minimum absolute atomic E-state index is 0.201. The standard InChI is InChI=1S/C25H31N7O/c1-30-8-9-32(20-11-18-4-3-5-19(12-20)27-18)25-23(30)13-22(28-29-25)21-7-6-16(10-24(21)33)17-14-26-31(2)15-17/h6-7,10,13-15,18-20,27,33H,3-5,8-9,11-12H2,1-2H3/t18-,19?,20?/m0/s1. The number of aromatic nitrogens is 4. The number of phenolic OH excluding ortho intramolecular Hbond substituents is 1. The summed E-state index contributed by atoms with van der Waals surface area (Å²) in [5.74, 6) is 1.18. The van der Waals surface area contributed by atoms with E-state index in [1.807, 2.05) is 25.4 Å². The van der Waals surface area contributed by atoms with Crippen LogP contribution in [0, 0.1) is 0 Å². The van der Waals surface area contributed by atoms with E-state index in [0.717, 1.165) is 35.7 Å². The van der Waals surface area contributed by atoms with Gasteiger partial charge >= 0.3 is 0 Å². The van der Waals surface area contributed by atoms with Crippen LogP contribution in [0.25, 0.3) is 22.4 Å². The number of nitrogens with zero attached hydrogens (tertiary/aromatic N) is 6. The highest BCUT2D eigenvalue weighted by Crippen LogP contribution is 2.39. The number of anilines is 2. The van der Waals surface area contributed by atoms with Crippen molar-refractivity contribution < 1.29 is 5.11 Å². The molecule has 6 rings (SSSR count). The molecule has 1 aromatic carbocycles. The van der Waals surface area contributed by atoms with Crippen LogP contribution in [0.15, 0.2) is 36.7 Å². The average molecular weight is 446 g/mol. The first kappa shape index (κ1) is 20.5. The van der Waals surface area contributed by atoms with Crippen molar-refractivity contribution in [1.29, 1.82) is 0 Å². The number of fused-ring (bicyclic) bond motifs is 3. The summed E-state index contributed by atoms with van der Waals surface area (Å²) in [7, 11) is 4.00. The number of benzene rings is 1. The molecule has 8 heteroatoms. The van der Waals surface area contributed by atoms with Gasteiger partial charge in [-0.2, -0.15) is 5.10 Å². The zero-order chi connectivity index (χ0) is 22.5. The first-order chi connectivity index (χ1) is 16.0. The zero-order valence-electron chi connectivity index (χ0n) is 19.3. The van der Waals surface area contributed by atoms with Gasteiger partial charge in [-0.05, 0) is 49.4 Å². The van der Waals surface area contributed by atoms with Gasteiger partial charge in [-0.3, -0.25) is 4.68 Å². The molecule has 3 atom stereocenters. The molecular formula is C25H31N7O. The molecule has 2 N–H and O–H groups in total. The average Bonchev–Trinajstić information content (AvgIpc) is 3.25. The zero-order valence-corrected chi connectivity index (χ0v) is 19.3. The molecule has 3 aliphatic heterocycles. The van der Waals surface area contributed by atoms with E-state index in [2.05, 4.69) is 38.4 Å². The van der Waals surface area contributed by atoms with Gasteiger partial charge in [0.1, 0.15) is 5.75 Å². The minimum Gasteiger partial charge on any atom is -0.507 e. The predicted octanol–water partition coefficient (Wildman–Crippen LogP) is 3.18. The fraction of sp³-hybridized carbons (Fsp3) is 0.480. The molecule has 8 nitrogen and oxygen atoms in total. The molecule has 2 fully saturated rings. The van der Waals surface area contributed by atoms with E-state index in [4.69, 9.17) is 5.10 Å². The van der Waals surface area contributed by atoms with Crippen LogP contribution in [0.1, 0.15) is 32.1 Å². The van der Waals surface area contributed by atoms with Crippen molar-refractivity contribution in [3.63, 3.8) is 0 Å². The fourth-order valence-electron chi connectivity index (χ4n) is 5.82. The Labute approximate surface area is 194 Å². The van der Waals surface area contributed by atoms with Crippen molar-refractivity contribution in [2.45, 2.75) is 50.2 Å². The van der Waals surface area contributed by atoms with Crippen LogP contribution in [0.5, 0.6) is 5.75 Å². The van der Waals surface area contributed by atoms with Crippen LogP contribution in [-0.2, 0) is 7.05 Å². The highest BCUT2D eigenvalue weighted by molar-refractivity contribution is 5.79. The van der Waals surface area contributed by atoms with Crippen LogP contribution in [0.2, 0.25) is 0 Å². The number of piperidine rings is 2.